The maximum atomic E-state index is 12.4. The Bertz CT molecular complexity index is 1130. The number of amides is 1. The number of carbonyl (C=O) groups is 2. The number of halogens is 6. The summed E-state index contributed by atoms with van der Waals surface area (Å²) in [5.41, 5.74) is 0.750. The summed E-state index contributed by atoms with van der Waals surface area (Å²) in [6.45, 7) is 1.14. The van der Waals surface area contributed by atoms with Gasteiger partial charge in [-0.05, 0) is 42.0 Å². The van der Waals surface area contributed by atoms with E-state index in [-0.39, 0.29) is 18.0 Å². The average molecular weight is 566 g/mol. The standard InChI is InChI=1S/C19H23F6N3O2.C5H6N2O2/c1-27(11-18(20,21)22)17(29)10-28-8-15-14(16(15)9-28)7-26-6-12-3-2-4-13(5-12)30-19(23,24)25;1-7-2-4(5(8)9)6-3-7/h2-5,14-16,26H,6-11H2,1H3;2-3H,1H3,(H,8,9). The highest BCUT2D eigenvalue weighted by atomic mass is 19.4. The van der Waals surface area contributed by atoms with Crippen LogP contribution in [0.5, 0.6) is 5.75 Å². The van der Waals surface area contributed by atoms with Gasteiger partial charge in [0.2, 0.25) is 5.91 Å². The van der Waals surface area contributed by atoms with Crippen LogP contribution in [0.4, 0.5) is 26.3 Å². The van der Waals surface area contributed by atoms with Crippen molar-refractivity contribution in [1.82, 2.24) is 24.7 Å². The van der Waals surface area contributed by atoms with Crippen LogP contribution >= 0.6 is 0 Å². The van der Waals surface area contributed by atoms with Crippen molar-refractivity contribution in [3.63, 3.8) is 0 Å². The number of nitrogens with zero attached hydrogens (tertiary/aromatic N) is 4. The van der Waals surface area contributed by atoms with Gasteiger partial charge >= 0.3 is 18.5 Å². The van der Waals surface area contributed by atoms with E-state index in [0.29, 0.717) is 54.4 Å². The lowest BCUT2D eigenvalue weighted by Gasteiger charge is -2.24. The van der Waals surface area contributed by atoms with Crippen LogP contribution in [0.2, 0.25) is 0 Å². The molecule has 2 heterocycles. The number of carboxylic acids is 1. The number of benzene rings is 1. The molecule has 1 saturated heterocycles. The number of fused-ring (bicyclic) bond motifs is 1. The van der Waals surface area contributed by atoms with Gasteiger partial charge in [0, 0.05) is 39.9 Å². The second-order valence-corrected chi connectivity index (χ2v) is 9.61. The van der Waals surface area contributed by atoms with Crippen molar-refractivity contribution in [2.24, 2.45) is 24.8 Å². The SMILES string of the molecule is CN(CC(F)(F)F)C(=O)CN1CC2C(CNCc3cccc(OC(F)(F)F)c3)C2C1.Cn1cnc(C(=O)O)c1. The zero-order valence-electron chi connectivity index (χ0n) is 21.2. The van der Waals surface area contributed by atoms with Gasteiger partial charge in [-0.25, -0.2) is 9.78 Å². The molecule has 2 aromatic rings. The van der Waals surface area contributed by atoms with Crippen molar-refractivity contribution in [2.75, 3.05) is 39.8 Å². The zero-order chi connectivity index (χ0) is 29.0. The fourth-order valence-electron chi connectivity index (χ4n) is 4.60. The number of likely N-dealkylation sites (tertiary alicyclic amines) is 1. The van der Waals surface area contributed by atoms with Gasteiger partial charge in [0.25, 0.3) is 0 Å². The lowest BCUT2D eigenvalue weighted by atomic mass is 10.2. The van der Waals surface area contributed by atoms with E-state index >= 15 is 0 Å². The molecular formula is C24H29F6N5O4. The number of piperidine rings is 1. The first-order valence-corrected chi connectivity index (χ1v) is 11.9. The summed E-state index contributed by atoms with van der Waals surface area (Å²) in [5.74, 6) is -0.629. The molecule has 1 aromatic heterocycles. The van der Waals surface area contributed by atoms with Gasteiger partial charge in [-0.2, -0.15) is 13.2 Å². The number of aromatic nitrogens is 2. The molecule has 0 bridgehead atoms. The molecular weight excluding hydrogens is 536 g/mol. The number of nitrogens with one attached hydrogen (secondary N) is 1. The minimum atomic E-state index is -4.73. The van der Waals surface area contributed by atoms with Crippen LogP contribution in [0, 0.1) is 17.8 Å². The Morgan fingerprint density at radius 2 is 1.85 bits per heavy atom. The number of rotatable bonds is 9. The summed E-state index contributed by atoms with van der Waals surface area (Å²) in [7, 11) is 2.87. The largest absolute Gasteiger partial charge is 0.573 e. The molecule has 2 atom stereocenters. The Morgan fingerprint density at radius 1 is 1.18 bits per heavy atom. The number of hydrogen-bond donors (Lipinski definition) is 2. The summed E-state index contributed by atoms with van der Waals surface area (Å²) in [5, 5.41) is 11.5. The number of hydrogen-bond acceptors (Lipinski definition) is 6. The molecule has 2 fully saturated rings. The number of carbonyl (C=O) groups excluding carboxylic acids is 1. The van der Waals surface area contributed by atoms with Crippen LogP contribution in [0.1, 0.15) is 16.1 Å². The van der Waals surface area contributed by atoms with Crippen LogP contribution in [0.25, 0.3) is 0 Å². The van der Waals surface area contributed by atoms with Gasteiger partial charge in [-0.15, -0.1) is 13.2 Å². The van der Waals surface area contributed by atoms with Gasteiger partial charge in [-0.1, -0.05) is 12.1 Å². The predicted molar refractivity (Wildman–Crippen MR) is 126 cm³/mol. The van der Waals surface area contributed by atoms with E-state index < -0.39 is 31.0 Å². The molecule has 2 N–H and O–H groups in total. The quantitative estimate of drug-likeness (QED) is 0.451. The van der Waals surface area contributed by atoms with Crippen molar-refractivity contribution < 1.29 is 45.8 Å². The van der Waals surface area contributed by atoms with Crippen LogP contribution in [-0.2, 0) is 18.4 Å². The predicted octanol–water partition coefficient (Wildman–Crippen LogP) is 2.99. The van der Waals surface area contributed by atoms with Gasteiger partial charge in [0.05, 0.1) is 12.9 Å². The van der Waals surface area contributed by atoms with Crippen molar-refractivity contribution >= 4 is 11.9 Å². The molecule has 39 heavy (non-hydrogen) atoms. The Labute approximate surface area is 220 Å². The molecule has 1 amide bonds. The van der Waals surface area contributed by atoms with E-state index in [0.717, 1.165) is 7.05 Å². The highest BCUT2D eigenvalue weighted by Gasteiger charge is 2.55. The van der Waals surface area contributed by atoms with Crippen molar-refractivity contribution in [1.29, 1.82) is 0 Å². The minimum Gasteiger partial charge on any atom is -0.476 e. The first kappa shape index (κ1) is 30.2. The molecule has 1 saturated carbocycles. The van der Waals surface area contributed by atoms with E-state index in [9.17, 15) is 35.9 Å². The summed E-state index contributed by atoms with van der Waals surface area (Å²) in [6.07, 6.45) is -6.25. The van der Waals surface area contributed by atoms with E-state index in [1.165, 1.54) is 30.7 Å². The number of aryl methyl sites for hydroxylation is 1. The summed E-state index contributed by atoms with van der Waals surface area (Å²) in [4.78, 5) is 28.2. The fourth-order valence-corrected chi connectivity index (χ4v) is 4.60. The van der Waals surface area contributed by atoms with Crippen LogP contribution in [-0.4, -0.2) is 88.6 Å². The summed E-state index contributed by atoms with van der Waals surface area (Å²) in [6, 6.07) is 5.77. The highest BCUT2D eigenvalue weighted by molar-refractivity contribution is 5.84. The first-order chi connectivity index (χ1) is 18.1. The van der Waals surface area contributed by atoms with E-state index in [2.05, 4.69) is 15.0 Å². The Balaban J connectivity index is 0.000000395. The number of alkyl halides is 6. The van der Waals surface area contributed by atoms with E-state index in [4.69, 9.17) is 5.11 Å². The molecule has 1 aromatic carbocycles. The monoisotopic (exact) mass is 565 g/mol. The van der Waals surface area contributed by atoms with Crippen LogP contribution in [0.3, 0.4) is 0 Å². The van der Waals surface area contributed by atoms with E-state index in [1.54, 1.807) is 17.7 Å². The molecule has 1 aliphatic carbocycles. The topological polar surface area (TPSA) is 99.9 Å². The Morgan fingerprint density at radius 3 is 2.36 bits per heavy atom. The lowest BCUT2D eigenvalue weighted by Crippen LogP contribution is -2.42. The maximum Gasteiger partial charge on any atom is 0.573 e. The van der Waals surface area contributed by atoms with Crippen LogP contribution < -0.4 is 10.1 Å². The molecule has 216 valence electrons. The van der Waals surface area contributed by atoms with Gasteiger partial charge in [-0.3, -0.25) is 9.69 Å². The number of aromatic carboxylic acids is 1. The summed E-state index contributed by atoms with van der Waals surface area (Å²) >= 11 is 0. The second-order valence-electron chi connectivity index (χ2n) is 9.61. The molecule has 0 radical (unpaired) electrons. The Hall–Kier alpha value is -3.33. The normalized spacial score (nSPS) is 20.6. The first-order valence-electron chi connectivity index (χ1n) is 11.9. The van der Waals surface area contributed by atoms with Crippen LogP contribution in [0.15, 0.2) is 36.8 Å². The lowest BCUT2D eigenvalue weighted by molar-refractivity contribution is -0.274. The highest BCUT2D eigenvalue weighted by Crippen LogP contribution is 2.51. The minimum absolute atomic E-state index is 0.0221. The molecule has 9 nitrogen and oxygen atoms in total. The van der Waals surface area contributed by atoms with Crippen molar-refractivity contribution in [3.8, 4) is 5.75 Å². The average Bonchev–Trinajstić information content (AvgIpc) is 3.12. The van der Waals surface area contributed by atoms with Crippen molar-refractivity contribution in [2.45, 2.75) is 19.1 Å². The van der Waals surface area contributed by atoms with E-state index in [1.807, 2.05) is 4.90 Å². The molecule has 4 rings (SSSR count). The third-order valence-electron chi connectivity index (χ3n) is 6.41. The Kier molecular flexibility index (Phi) is 9.48. The molecule has 1 aliphatic heterocycles. The number of ether oxygens (including phenoxy) is 1. The smallest absolute Gasteiger partial charge is 0.476 e. The number of likely N-dealkylation sites (N-methyl/N-ethyl adjacent to an activating group) is 1. The fraction of sp³-hybridized carbons (Fsp3) is 0.542. The summed E-state index contributed by atoms with van der Waals surface area (Å²) < 4.78 is 79.4. The molecule has 2 unspecified atom stereocenters. The number of carboxylic acid groups (broad SMARTS) is 1. The third-order valence-corrected chi connectivity index (χ3v) is 6.41. The zero-order valence-corrected chi connectivity index (χ0v) is 21.2. The van der Waals surface area contributed by atoms with Crippen molar-refractivity contribution in [3.05, 3.63) is 48.0 Å². The third kappa shape index (κ3) is 9.73. The van der Waals surface area contributed by atoms with Gasteiger partial charge < -0.3 is 24.6 Å². The van der Waals surface area contributed by atoms with Gasteiger partial charge in [0.1, 0.15) is 12.3 Å². The molecule has 15 heteroatoms. The second kappa shape index (κ2) is 12.2. The maximum absolute atomic E-state index is 12.4. The molecule has 0 spiro atoms. The van der Waals surface area contributed by atoms with Gasteiger partial charge in [0.15, 0.2) is 5.69 Å². The molecule has 2 aliphatic rings. The number of imidazole rings is 1.